The summed E-state index contributed by atoms with van der Waals surface area (Å²) >= 11 is 7.43. The van der Waals surface area contributed by atoms with Crippen LogP contribution in [0.4, 0.5) is 9.93 Å². The summed E-state index contributed by atoms with van der Waals surface area (Å²) < 4.78 is 0. The number of rotatable bonds is 3. The number of aromatic nitrogens is 1. The minimum absolute atomic E-state index is 0.168. The third-order valence-electron chi connectivity index (χ3n) is 2.37. The molecule has 1 aromatic carbocycles. The summed E-state index contributed by atoms with van der Waals surface area (Å²) in [6.07, 6.45) is 1.64. The van der Waals surface area contributed by atoms with Crippen LogP contribution in [0.5, 0.6) is 0 Å². The minimum atomic E-state index is -0.294. The van der Waals surface area contributed by atoms with Crippen LogP contribution in [0.1, 0.15) is 18.5 Å². The first-order chi connectivity index (χ1) is 8.66. The molecular formula is C12H12ClN3OS. The van der Waals surface area contributed by atoms with E-state index in [-0.39, 0.29) is 12.1 Å². The van der Waals surface area contributed by atoms with Gasteiger partial charge >= 0.3 is 6.03 Å². The first-order valence-corrected chi connectivity index (χ1v) is 6.64. The second-order valence-electron chi connectivity index (χ2n) is 3.68. The molecule has 0 bridgehead atoms. The van der Waals surface area contributed by atoms with Crippen molar-refractivity contribution in [2.45, 2.75) is 13.0 Å². The lowest BCUT2D eigenvalue weighted by Gasteiger charge is -2.15. The van der Waals surface area contributed by atoms with Crippen molar-refractivity contribution >= 4 is 34.1 Å². The van der Waals surface area contributed by atoms with Crippen LogP contribution < -0.4 is 10.6 Å². The number of carbonyl (C=O) groups is 1. The minimum Gasteiger partial charge on any atom is -0.331 e. The molecule has 0 unspecified atom stereocenters. The van der Waals surface area contributed by atoms with Gasteiger partial charge in [-0.2, -0.15) is 0 Å². The van der Waals surface area contributed by atoms with Crippen molar-refractivity contribution in [3.8, 4) is 0 Å². The van der Waals surface area contributed by atoms with Gasteiger partial charge in [-0.1, -0.05) is 29.8 Å². The van der Waals surface area contributed by atoms with E-state index in [1.165, 1.54) is 11.3 Å². The molecule has 2 rings (SSSR count). The Hall–Kier alpha value is -1.59. The summed E-state index contributed by atoms with van der Waals surface area (Å²) in [5.74, 6) is 0. The predicted molar refractivity (Wildman–Crippen MR) is 74.1 cm³/mol. The Balaban J connectivity index is 1.97. The quantitative estimate of drug-likeness (QED) is 0.902. The lowest BCUT2D eigenvalue weighted by atomic mass is 10.1. The molecule has 2 aromatic rings. The molecule has 1 atom stereocenters. The van der Waals surface area contributed by atoms with E-state index in [1.807, 2.05) is 25.1 Å². The standard InChI is InChI=1S/C12H12ClN3OS/c1-8(9-4-2-3-5-10(9)13)15-11(17)16-12-14-6-7-18-12/h2-8H,1H3,(H2,14,15,16,17)/t8-/m0/s1. The molecule has 0 aliphatic heterocycles. The molecule has 18 heavy (non-hydrogen) atoms. The summed E-state index contributed by atoms with van der Waals surface area (Å²) in [6, 6.07) is 6.97. The zero-order chi connectivity index (χ0) is 13.0. The Kier molecular flexibility index (Phi) is 4.17. The number of amides is 2. The van der Waals surface area contributed by atoms with E-state index in [0.717, 1.165) is 5.56 Å². The molecule has 0 radical (unpaired) electrons. The molecule has 0 saturated heterocycles. The van der Waals surface area contributed by atoms with Gasteiger partial charge in [0.25, 0.3) is 0 Å². The van der Waals surface area contributed by atoms with Crippen molar-refractivity contribution in [3.63, 3.8) is 0 Å². The summed E-state index contributed by atoms with van der Waals surface area (Å²) in [6.45, 7) is 1.88. The number of anilines is 1. The monoisotopic (exact) mass is 281 g/mol. The highest BCUT2D eigenvalue weighted by Crippen LogP contribution is 2.22. The lowest BCUT2D eigenvalue weighted by molar-refractivity contribution is 0.249. The molecule has 94 valence electrons. The maximum atomic E-state index is 11.7. The molecule has 2 N–H and O–H groups in total. The second kappa shape index (κ2) is 5.84. The number of benzene rings is 1. The smallest absolute Gasteiger partial charge is 0.321 e. The van der Waals surface area contributed by atoms with Gasteiger partial charge in [-0.25, -0.2) is 9.78 Å². The molecule has 0 fully saturated rings. The summed E-state index contributed by atoms with van der Waals surface area (Å²) in [5.41, 5.74) is 0.883. The Morgan fingerprint density at radius 2 is 2.22 bits per heavy atom. The van der Waals surface area contributed by atoms with Crippen molar-refractivity contribution < 1.29 is 4.79 Å². The van der Waals surface area contributed by atoms with Crippen molar-refractivity contribution in [3.05, 3.63) is 46.4 Å². The van der Waals surface area contributed by atoms with Gasteiger partial charge in [0.1, 0.15) is 0 Å². The third kappa shape index (κ3) is 3.21. The number of hydrogen-bond donors (Lipinski definition) is 2. The van der Waals surface area contributed by atoms with Gasteiger partial charge in [0.15, 0.2) is 5.13 Å². The zero-order valence-electron chi connectivity index (χ0n) is 9.68. The van der Waals surface area contributed by atoms with E-state index in [1.54, 1.807) is 17.6 Å². The van der Waals surface area contributed by atoms with Gasteiger partial charge < -0.3 is 5.32 Å². The SMILES string of the molecule is C[C@H](NC(=O)Nc1nccs1)c1ccccc1Cl. The molecule has 1 aromatic heterocycles. The fourth-order valence-electron chi connectivity index (χ4n) is 1.52. The number of nitrogens with one attached hydrogen (secondary N) is 2. The summed E-state index contributed by atoms with van der Waals surface area (Å²) in [5, 5.41) is 8.47. The summed E-state index contributed by atoms with van der Waals surface area (Å²) in [4.78, 5) is 15.7. The number of halogens is 1. The number of thiazole rings is 1. The van der Waals surface area contributed by atoms with Gasteiger partial charge in [0.05, 0.1) is 6.04 Å². The highest BCUT2D eigenvalue weighted by Gasteiger charge is 2.12. The van der Waals surface area contributed by atoms with Crippen LogP contribution >= 0.6 is 22.9 Å². The highest BCUT2D eigenvalue weighted by atomic mass is 35.5. The topological polar surface area (TPSA) is 54.0 Å². The van der Waals surface area contributed by atoms with Gasteiger partial charge in [-0.05, 0) is 18.6 Å². The molecule has 0 aliphatic rings. The average molecular weight is 282 g/mol. The Morgan fingerprint density at radius 1 is 1.44 bits per heavy atom. The van der Waals surface area contributed by atoms with Crippen molar-refractivity contribution in [1.29, 1.82) is 0 Å². The second-order valence-corrected chi connectivity index (χ2v) is 4.98. The van der Waals surface area contributed by atoms with Crippen molar-refractivity contribution in [2.75, 3.05) is 5.32 Å². The average Bonchev–Trinajstić information content (AvgIpc) is 2.82. The molecule has 2 amide bonds. The Bertz CT molecular complexity index is 530. The van der Waals surface area contributed by atoms with Crippen LogP contribution in [-0.4, -0.2) is 11.0 Å². The summed E-state index contributed by atoms with van der Waals surface area (Å²) in [7, 11) is 0. The van der Waals surface area contributed by atoms with E-state index in [2.05, 4.69) is 15.6 Å². The van der Waals surface area contributed by atoms with E-state index in [9.17, 15) is 4.79 Å². The van der Waals surface area contributed by atoms with Gasteiger partial charge in [-0.15, -0.1) is 11.3 Å². The van der Waals surface area contributed by atoms with Crippen LogP contribution in [-0.2, 0) is 0 Å². The van der Waals surface area contributed by atoms with E-state index >= 15 is 0 Å². The number of nitrogens with zero attached hydrogens (tertiary/aromatic N) is 1. The molecular weight excluding hydrogens is 270 g/mol. The van der Waals surface area contributed by atoms with Crippen molar-refractivity contribution in [1.82, 2.24) is 10.3 Å². The number of urea groups is 1. The van der Waals surface area contributed by atoms with Gasteiger partial charge in [-0.3, -0.25) is 5.32 Å². The molecule has 0 spiro atoms. The van der Waals surface area contributed by atoms with E-state index in [4.69, 9.17) is 11.6 Å². The van der Waals surface area contributed by atoms with Crippen LogP contribution in [0.2, 0.25) is 5.02 Å². The van der Waals surface area contributed by atoms with Crippen LogP contribution in [0.15, 0.2) is 35.8 Å². The zero-order valence-corrected chi connectivity index (χ0v) is 11.3. The van der Waals surface area contributed by atoms with E-state index < -0.39 is 0 Å². The maximum absolute atomic E-state index is 11.7. The van der Waals surface area contributed by atoms with Gasteiger partial charge in [0.2, 0.25) is 0 Å². The van der Waals surface area contributed by atoms with Crippen LogP contribution in [0, 0.1) is 0 Å². The highest BCUT2D eigenvalue weighted by molar-refractivity contribution is 7.13. The predicted octanol–water partition coefficient (Wildman–Crippen LogP) is 3.68. The number of hydrogen-bond acceptors (Lipinski definition) is 3. The van der Waals surface area contributed by atoms with Gasteiger partial charge in [0, 0.05) is 16.6 Å². The molecule has 0 saturated carbocycles. The van der Waals surface area contributed by atoms with E-state index in [0.29, 0.717) is 10.2 Å². The largest absolute Gasteiger partial charge is 0.331 e. The molecule has 0 aliphatic carbocycles. The van der Waals surface area contributed by atoms with Crippen molar-refractivity contribution in [2.24, 2.45) is 0 Å². The Labute approximate surface area is 114 Å². The first-order valence-electron chi connectivity index (χ1n) is 5.38. The fourth-order valence-corrected chi connectivity index (χ4v) is 2.34. The molecule has 4 nitrogen and oxygen atoms in total. The molecule has 6 heteroatoms. The third-order valence-corrected chi connectivity index (χ3v) is 3.40. The van der Waals surface area contributed by atoms with Crippen LogP contribution in [0.25, 0.3) is 0 Å². The lowest BCUT2D eigenvalue weighted by Crippen LogP contribution is -2.31. The normalized spacial score (nSPS) is 11.9. The molecule has 1 heterocycles. The van der Waals surface area contributed by atoms with Crippen LogP contribution in [0.3, 0.4) is 0 Å². The fraction of sp³-hybridized carbons (Fsp3) is 0.167. The Morgan fingerprint density at radius 3 is 2.89 bits per heavy atom. The number of carbonyl (C=O) groups excluding carboxylic acids is 1. The first kappa shape index (κ1) is 12.9. The maximum Gasteiger partial charge on any atom is 0.321 e.